The first-order valence-electron chi connectivity index (χ1n) is 5.14. The number of carbonyl (C=O) groups excluding carboxylic acids is 1. The lowest BCUT2D eigenvalue weighted by molar-refractivity contribution is -0.120. The smallest absolute Gasteiger partial charge is 0.280 e. The maximum Gasteiger partial charge on any atom is 0.280 e. The summed E-state index contributed by atoms with van der Waals surface area (Å²) < 4.78 is 13.2. The van der Waals surface area contributed by atoms with Crippen molar-refractivity contribution in [2.75, 3.05) is 6.61 Å². The van der Waals surface area contributed by atoms with Crippen LogP contribution in [0.15, 0.2) is 11.4 Å². The van der Waals surface area contributed by atoms with Gasteiger partial charge in [0.2, 0.25) is 0 Å². The first-order chi connectivity index (χ1) is 6.90. The summed E-state index contributed by atoms with van der Waals surface area (Å²) in [6.07, 6.45) is 0.444. The van der Waals surface area contributed by atoms with E-state index in [9.17, 15) is 9.18 Å². The third-order valence-corrected chi connectivity index (χ3v) is 2.20. The van der Waals surface area contributed by atoms with E-state index in [1.165, 1.54) is 0 Å². The number of aliphatic hydroxyl groups is 1. The fraction of sp³-hybridized carbons (Fsp3) is 0.727. The third-order valence-electron chi connectivity index (χ3n) is 2.20. The maximum absolute atomic E-state index is 13.2. The van der Waals surface area contributed by atoms with Crippen LogP contribution in [0.2, 0.25) is 0 Å². The molecular weight excluding hydrogens is 197 g/mol. The van der Waals surface area contributed by atoms with Crippen LogP contribution in [0.5, 0.6) is 0 Å². The second-order valence-corrected chi connectivity index (χ2v) is 4.15. The highest BCUT2D eigenvalue weighted by Gasteiger charge is 2.18. The molecule has 2 N–H and O–H groups in total. The van der Waals surface area contributed by atoms with Crippen LogP contribution >= 0.6 is 0 Å². The van der Waals surface area contributed by atoms with E-state index in [2.05, 4.69) is 5.32 Å². The van der Waals surface area contributed by atoms with Crippen molar-refractivity contribution < 1.29 is 14.3 Å². The van der Waals surface area contributed by atoms with Crippen LogP contribution in [-0.2, 0) is 4.79 Å². The van der Waals surface area contributed by atoms with Crippen molar-refractivity contribution in [3.05, 3.63) is 11.4 Å². The summed E-state index contributed by atoms with van der Waals surface area (Å²) in [6.45, 7) is 6.91. The van der Waals surface area contributed by atoms with E-state index < -0.39 is 11.7 Å². The van der Waals surface area contributed by atoms with Gasteiger partial charge in [-0.15, -0.1) is 0 Å². The molecule has 3 nitrogen and oxygen atoms in total. The molecule has 0 fully saturated rings. The molecule has 0 aromatic carbocycles. The van der Waals surface area contributed by atoms with Crippen molar-refractivity contribution in [3.8, 4) is 0 Å². The van der Waals surface area contributed by atoms with Gasteiger partial charge in [0.05, 0.1) is 0 Å². The van der Waals surface area contributed by atoms with Gasteiger partial charge in [0, 0.05) is 12.6 Å². The zero-order chi connectivity index (χ0) is 12.0. The normalized spacial score (nSPS) is 12.5. The Bertz CT molecular complexity index is 245. The van der Waals surface area contributed by atoms with Gasteiger partial charge < -0.3 is 10.4 Å². The minimum absolute atomic E-state index is 0.0143. The molecule has 1 unspecified atom stereocenters. The average Bonchev–Trinajstić information content (AvgIpc) is 2.15. The van der Waals surface area contributed by atoms with Gasteiger partial charge in [0.1, 0.15) is 0 Å². The van der Waals surface area contributed by atoms with Crippen molar-refractivity contribution in [1.82, 2.24) is 5.32 Å². The molecule has 0 heterocycles. The highest BCUT2D eigenvalue weighted by molar-refractivity contribution is 5.91. The van der Waals surface area contributed by atoms with Crippen LogP contribution in [0.3, 0.4) is 0 Å². The lowest BCUT2D eigenvalue weighted by atomic mass is 10.0. The SMILES string of the molecule is CC(C)=C(F)C(=O)NC(CCO)C(C)C. The Balaban J connectivity index is 4.42. The predicted octanol–water partition coefficient (Wildman–Crippen LogP) is 1.77. The van der Waals surface area contributed by atoms with Gasteiger partial charge in [-0.05, 0) is 31.8 Å². The molecule has 1 amide bonds. The van der Waals surface area contributed by atoms with Crippen LogP contribution in [0.25, 0.3) is 0 Å². The van der Waals surface area contributed by atoms with E-state index >= 15 is 0 Å². The number of allylic oxidation sites excluding steroid dienone is 1. The van der Waals surface area contributed by atoms with Crippen molar-refractivity contribution in [1.29, 1.82) is 0 Å². The number of amides is 1. The number of hydrogen-bond acceptors (Lipinski definition) is 2. The zero-order valence-corrected chi connectivity index (χ0v) is 9.80. The summed E-state index contributed by atoms with van der Waals surface area (Å²) >= 11 is 0. The second kappa shape index (κ2) is 6.56. The van der Waals surface area contributed by atoms with E-state index in [0.29, 0.717) is 12.0 Å². The molecule has 0 saturated carbocycles. The molecule has 0 aromatic rings. The van der Waals surface area contributed by atoms with Gasteiger partial charge in [-0.3, -0.25) is 4.79 Å². The van der Waals surface area contributed by atoms with Crippen molar-refractivity contribution in [2.24, 2.45) is 5.92 Å². The van der Waals surface area contributed by atoms with E-state index in [4.69, 9.17) is 5.11 Å². The number of carbonyl (C=O) groups is 1. The molecule has 0 saturated heterocycles. The largest absolute Gasteiger partial charge is 0.396 e. The fourth-order valence-electron chi connectivity index (χ4n) is 1.17. The standard InChI is InChI=1S/C11H20FNO2/c1-7(2)9(5-6-14)13-11(15)10(12)8(3)4/h7,9,14H,5-6H2,1-4H3,(H,13,15). The Kier molecular flexibility index (Phi) is 6.17. The first-order valence-corrected chi connectivity index (χ1v) is 5.14. The van der Waals surface area contributed by atoms with E-state index in [-0.39, 0.29) is 18.6 Å². The Morgan fingerprint density at radius 3 is 2.27 bits per heavy atom. The number of aliphatic hydroxyl groups excluding tert-OH is 1. The first kappa shape index (κ1) is 14.1. The van der Waals surface area contributed by atoms with Crippen LogP contribution in [0.4, 0.5) is 4.39 Å². The van der Waals surface area contributed by atoms with Gasteiger partial charge >= 0.3 is 0 Å². The van der Waals surface area contributed by atoms with Crippen molar-refractivity contribution in [3.63, 3.8) is 0 Å². The van der Waals surface area contributed by atoms with Crippen molar-refractivity contribution >= 4 is 5.91 Å². The molecule has 0 aliphatic heterocycles. The van der Waals surface area contributed by atoms with Crippen LogP contribution in [0.1, 0.15) is 34.1 Å². The van der Waals surface area contributed by atoms with Crippen LogP contribution < -0.4 is 5.32 Å². The molecule has 0 spiro atoms. The van der Waals surface area contributed by atoms with Gasteiger partial charge in [-0.1, -0.05) is 13.8 Å². The van der Waals surface area contributed by atoms with Gasteiger partial charge in [0.15, 0.2) is 5.83 Å². The minimum Gasteiger partial charge on any atom is -0.396 e. The van der Waals surface area contributed by atoms with Gasteiger partial charge in [0.25, 0.3) is 5.91 Å². The molecule has 0 rings (SSSR count). The number of nitrogens with one attached hydrogen (secondary N) is 1. The lowest BCUT2D eigenvalue weighted by Crippen LogP contribution is -2.39. The molecule has 1 atom stereocenters. The highest BCUT2D eigenvalue weighted by atomic mass is 19.1. The monoisotopic (exact) mass is 217 g/mol. The number of rotatable bonds is 5. The summed E-state index contributed by atoms with van der Waals surface area (Å²) in [4.78, 5) is 11.3. The van der Waals surface area contributed by atoms with E-state index in [1.807, 2.05) is 13.8 Å². The second-order valence-electron chi connectivity index (χ2n) is 4.15. The summed E-state index contributed by atoms with van der Waals surface area (Å²) in [6, 6.07) is -0.187. The molecule has 0 aromatic heterocycles. The quantitative estimate of drug-likeness (QED) is 0.689. The molecular formula is C11H20FNO2. The van der Waals surface area contributed by atoms with Crippen molar-refractivity contribution in [2.45, 2.75) is 40.2 Å². The lowest BCUT2D eigenvalue weighted by Gasteiger charge is -2.21. The number of halogens is 1. The average molecular weight is 217 g/mol. The summed E-state index contributed by atoms with van der Waals surface area (Å²) in [7, 11) is 0. The summed E-state index contributed by atoms with van der Waals surface area (Å²) in [5, 5.41) is 11.4. The Labute approximate surface area is 90.4 Å². The molecule has 0 bridgehead atoms. The van der Waals surface area contributed by atoms with Gasteiger partial charge in [-0.2, -0.15) is 0 Å². The molecule has 88 valence electrons. The Morgan fingerprint density at radius 2 is 1.93 bits per heavy atom. The third kappa shape index (κ3) is 4.93. The zero-order valence-electron chi connectivity index (χ0n) is 9.80. The van der Waals surface area contributed by atoms with Crippen LogP contribution in [-0.4, -0.2) is 23.7 Å². The molecule has 0 radical (unpaired) electrons. The Morgan fingerprint density at radius 1 is 1.40 bits per heavy atom. The highest BCUT2D eigenvalue weighted by Crippen LogP contribution is 2.09. The van der Waals surface area contributed by atoms with E-state index in [1.54, 1.807) is 13.8 Å². The fourth-order valence-corrected chi connectivity index (χ4v) is 1.17. The topological polar surface area (TPSA) is 49.3 Å². The maximum atomic E-state index is 13.2. The number of hydrogen-bond donors (Lipinski definition) is 2. The molecule has 4 heteroatoms. The Hall–Kier alpha value is -0.900. The van der Waals surface area contributed by atoms with Crippen LogP contribution in [0, 0.1) is 5.92 Å². The predicted molar refractivity (Wildman–Crippen MR) is 58.0 cm³/mol. The minimum atomic E-state index is -0.737. The summed E-state index contributed by atoms with van der Waals surface area (Å²) in [5.41, 5.74) is 0.360. The molecule has 0 aliphatic rings. The van der Waals surface area contributed by atoms with Gasteiger partial charge in [-0.25, -0.2) is 4.39 Å². The van der Waals surface area contributed by atoms with E-state index in [0.717, 1.165) is 0 Å². The molecule has 0 aliphatic carbocycles. The molecule has 15 heavy (non-hydrogen) atoms. The summed E-state index contributed by atoms with van der Waals surface area (Å²) in [5.74, 6) is -1.26.